The van der Waals surface area contributed by atoms with Crippen LogP contribution in [-0.2, 0) is 6.42 Å². The zero-order valence-electron chi connectivity index (χ0n) is 10.1. The molecular formula is C14H16BrNS. The molecule has 17 heavy (non-hydrogen) atoms. The van der Waals surface area contributed by atoms with Crippen molar-refractivity contribution < 1.29 is 0 Å². The van der Waals surface area contributed by atoms with Crippen LogP contribution in [-0.4, -0.2) is 4.98 Å². The molecule has 0 aliphatic rings. The van der Waals surface area contributed by atoms with Crippen molar-refractivity contribution in [3.63, 3.8) is 0 Å². The molecular weight excluding hydrogens is 294 g/mol. The lowest BCUT2D eigenvalue weighted by atomic mass is 10.0. The Labute approximate surface area is 115 Å². The minimum absolute atomic E-state index is 0.350. The number of pyridine rings is 1. The van der Waals surface area contributed by atoms with Crippen LogP contribution in [0.25, 0.3) is 0 Å². The van der Waals surface area contributed by atoms with Gasteiger partial charge in [0.25, 0.3) is 0 Å². The molecule has 0 aromatic carbocycles. The highest BCUT2D eigenvalue weighted by Crippen LogP contribution is 2.40. The lowest BCUT2D eigenvalue weighted by Gasteiger charge is -2.16. The van der Waals surface area contributed by atoms with Crippen molar-refractivity contribution in [2.75, 3.05) is 0 Å². The number of aromatic nitrogens is 1. The van der Waals surface area contributed by atoms with Gasteiger partial charge in [-0.3, -0.25) is 4.98 Å². The van der Waals surface area contributed by atoms with E-state index in [1.165, 1.54) is 9.75 Å². The lowest BCUT2D eigenvalue weighted by molar-refractivity contribution is 0.732. The Bertz CT molecular complexity index is 466. The first-order valence-electron chi connectivity index (χ1n) is 5.86. The highest BCUT2D eigenvalue weighted by Gasteiger charge is 2.20. The molecule has 0 N–H and O–H groups in total. The van der Waals surface area contributed by atoms with E-state index >= 15 is 0 Å². The fourth-order valence-electron chi connectivity index (χ4n) is 1.77. The first-order chi connectivity index (χ1) is 8.22. The van der Waals surface area contributed by atoms with Gasteiger partial charge in [0, 0.05) is 27.6 Å². The lowest BCUT2D eigenvalue weighted by Crippen LogP contribution is -2.02. The number of nitrogens with zero attached hydrogens (tertiary/aromatic N) is 1. The Hall–Kier alpha value is -0.670. The normalized spacial score (nSPS) is 14.5. The molecule has 3 heteroatoms. The van der Waals surface area contributed by atoms with E-state index < -0.39 is 0 Å². The number of alkyl halides is 1. The summed E-state index contributed by atoms with van der Waals surface area (Å²) in [6, 6.07) is 10.5. The van der Waals surface area contributed by atoms with Gasteiger partial charge in [0.2, 0.25) is 0 Å². The molecule has 0 spiro atoms. The van der Waals surface area contributed by atoms with E-state index in [1.54, 1.807) is 0 Å². The summed E-state index contributed by atoms with van der Waals surface area (Å²) in [4.78, 5) is 7.61. The summed E-state index contributed by atoms with van der Waals surface area (Å²) < 4.78 is 0. The monoisotopic (exact) mass is 309 g/mol. The summed E-state index contributed by atoms with van der Waals surface area (Å²) in [6.07, 6.45) is 2.97. The van der Waals surface area contributed by atoms with E-state index in [2.05, 4.69) is 53.0 Å². The third-order valence-electron chi connectivity index (χ3n) is 2.90. The zero-order valence-corrected chi connectivity index (χ0v) is 12.5. The van der Waals surface area contributed by atoms with Gasteiger partial charge in [-0.15, -0.1) is 11.3 Å². The molecule has 2 unspecified atom stereocenters. The number of thiophene rings is 1. The standard InChI is InChI=1S/C14H16BrNS/c1-3-11-7-8-13(17-11)14(15)10(2)12-6-4-5-9-16-12/h4-10,14H,3H2,1-2H3. The maximum Gasteiger partial charge on any atom is 0.0570 e. The second-order valence-corrected chi connectivity index (χ2v) is 6.29. The minimum atomic E-state index is 0.350. The molecule has 0 aliphatic carbocycles. The van der Waals surface area contributed by atoms with Crippen LogP contribution < -0.4 is 0 Å². The summed E-state index contributed by atoms with van der Waals surface area (Å²) in [5.41, 5.74) is 1.14. The molecule has 0 amide bonds. The average molecular weight is 310 g/mol. The van der Waals surface area contributed by atoms with Crippen LogP contribution in [0.4, 0.5) is 0 Å². The second-order valence-electron chi connectivity index (χ2n) is 4.10. The van der Waals surface area contributed by atoms with Gasteiger partial charge in [-0.1, -0.05) is 35.8 Å². The number of hydrogen-bond donors (Lipinski definition) is 0. The maximum atomic E-state index is 4.43. The Morgan fingerprint density at radius 3 is 2.71 bits per heavy atom. The molecule has 2 heterocycles. The van der Waals surface area contributed by atoms with E-state index in [4.69, 9.17) is 0 Å². The Morgan fingerprint density at radius 1 is 1.29 bits per heavy atom. The number of aryl methyl sites for hydroxylation is 1. The van der Waals surface area contributed by atoms with Crippen molar-refractivity contribution >= 4 is 27.3 Å². The van der Waals surface area contributed by atoms with Gasteiger partial charge in [-0.2, -0.15) is 0 Å². The number of rotatable bonds is 4. The average Bonchev–Trinajstić information content (AvgIpc) is 2.87. The fourth-order valence-corrected chi connectivity index (χ4v) is 3.51. The van der Waals surface area contributed by atoms with Crippen molar-refractivity contribution in [1.29, 1.82) is 0 Å². The Balaban J connectivity index is 2.17. The van der Waals surface area contributed by atoms with E-state index in [9.17, 15) is 0 Å². The third-order valence-corrected chi connectivity index (χ3v) is 5.80. The second kappa shape index (κ2) is 5.78. The van der Waals surface area contributed by atoms with Crippen LogP contribution in [0.15, 0.2) is 36.5 Å². The first kappa shape index (κ1) is 12.8. The minimum Gasteiger partial charge on any atom is -0.261 e. The van der Waals surface area contributed by atoms with E-state index in [1.807, 2.05) is 29.7 Å². The van der Waals surface area contributed by atoms with Crippen LogP contribution in [0.2, 0.25) is 0 Å². The highest BCUT2D eigenvalue weighted by atomic mass is 79.9. The predicted octanol–water partition coefficient (Wildman–Crippen LogP) is 4.95. The zero-order chi connectivity index (χ0) is 12.3. The number of hydrogen-bond acceptors (Lipinski definition) is 2. The molecule has 2 aromatic heterocycles. The van der Waals surface area contributed by atoms with Crippen molar-refractivity contribution in [2.24, 2.45) is 0 Å². The third kappa shape index (κ3) is 2.96. The summed E-state index contributed by atoms with van der Waals surface area (Å²) in [7, 11) is 0. The molecule has 1 nitrogen and oxygen atoms in total. The highest BCUT2D eigenvalue weighted by molar-refractivity contribution is 9.09. The topological polar surface area (TPSA) is 12.9 Å². The summed E-state index contributed by atoms with van der Waals surface area (Å²) in [5.74, 6) is 0.388. The van der Waals surface area contributed by atoms with E-state index in [0.29, 0.717) is 10.7 Å². The molecule has 2 aromatic rings. The molecule has 2 atom stereocenters. The smallest absolute Gasteiger partial charge is 0.0570 e. The van der Waals surface area contributed by atoms with Gasteiger partial charge in [0.1, 0.15) is 0 Å². The first-order valence-corrected chi connectivity index (χ1v) is 7.59. The van der Waals surface area contributed by atoms with Gasteiger partial charge >= 0.3 is 0 Å². The molecule has 0 saturated carbocycles. The largest absolute Gasteiger partial charge is 0.261 e. The van der Waals surface area contributed by atoms with Gasteiger partial charge in [0.15, 0.2) is 0 Å². The SMILES string of the molecule is CCc1ccc(C(Br)C(C)c2ccccn2)s1. The molecule has 0 fully saturated rings. The van der Waals surface area contributed by atoms with Gasteiger partial charge in [-0.05, 0) is 30.7 Å². The van der Waals surface area contributed by atoms with Crippen LogP contribution >= 0.6 is 27.3 Å². The molecule has 0 saturated heterocycles. The van der Waals surface area contributed by atoms with Crippen molar-refractivity contribution in [3.8, 4) is 0 Å². The van der Waals surface area contributed by atoms with Crippen molar-refractivity contribution in [3.05, 3.63) is 52.0 Å². The number of halogens is 1. The van der Waals surface area contributed by atoms with E-state index in [0.717, 1.165) is 12.1 Å². The van der Waals surface area contributed by atoms with Crippen molar-refractivity contribution in [1.82, 2.24) is 4.98 Å². The van der Waals surface area contributed by atoms with Crippen LogP contribution in [0.3, 0.4) is 0 Å². The molecule has 0 radical (unpaired) electrons. The van der Waals surface area contributed by atoms with Crippen molar-refractivity contribution in [2.45, 2.75) is 31.0 Å². The summed E-state index contributed by atoms with van der Waals surface area (Å²) >= 11 is 5.69. The van der Waals surface area contributed by atoms with Crippen LogP contribution in [0.1, 0.15) is 40.0 Å². The molecule has 0 bridgehead atoms. The Morgan fingerprint density at radius 2 is 2.12 bits per heavy atom. The van der Waals surface area contributed by atoms with Gasteiger partial charge in [-0.25, -0.2) is 0 Å². The predicted molar refractivity (Wildman–Crippen MR) is 78.0 cm³/mol. The molecule has 2 rings (SSSR count). The maximum absolute atomic E-state index is 4.43. The van der Waals surface area contributed by atoms with E-state index in [-0.39, 0.29) is 0 Å². The Kier molecular flexibility index (Phi) is 4.35. The summed E-state index contributed by atoms with van der Waals surface area (Å²) in [5, 5.41) is 0. The quantitative estimate of drug-likeness (QED) is 0.729. The van der Waals surface area contributed by atoms with Crippen LogP contribution in [0.5, 0.6) is 0 Å². The molecule has 0 aliphatic heterocycles. The molecule has 90 valence electrons. The summed E-state index contributed by atoms with van der Waals surface area (Å²) in [6.45, 7) is 4.41. The van der Waals surface area contributed by atoms with Gasteiger partial charge < -0.3 is 0 Å². The fraction of sp³-hybridized carbons (Fsp3) is 0.357. The van der Waals surface area contributed by atoms with Gasteiger partial charge in [0.05, 0.1) is 4.83 Å². The van der Waals surface area contributed by atoms with Crippen LogP contribution in [0, 0.1) is 0 Å².